The number of aryl methyl sites for hydroxylation is 1. The number of aromatic nitrogens is 3. The van der Waals surface area contributed by atoms with Crippen molar-refractivity contribution in [3.63, 3.8) is 0 Å². The number of thiazole rings is 1. The van der Waals surface area contributed by atoms with Gasteiger partial charge in [0.15, 0.2) is 0 Å². The number of thiophene rings is 1. The Hall–Kier alpha value is -3.14. The van der Waals surface area contributed by atoms with Gasteiger partial charge in [0.2, 0.25) is 0 Å². The molecule has 0 bridgehead atoms. The van der Waals surface area contributed by atoms with Crippen molar-refractivity contribution in [2.75, 3.05) is 4.72 Å². The Bertz CT molecular complexity index is 1340. The molecule has 0 aliphatic rings. The number of anilines is 1. The predicted molar refractivity (Wildman–Crippen MR) is 127 cm³/mol. The molecular weight excluding hydrogens is 448 g/mol. The first-order chi connectivity index (χ1) is 15.0. The van der Waals surface area contributed by atoms with Crippen LogP contribution in [0.2, 0.25) is 0 Å². The minimum atomic E-state index is -3.66. The molecule has 9 heteroatoms. The van der Waals surface area contributed by atoms with Gasteiger partial charge in [-0.2, -0.15) is 0 Å². The molecule has 0 atom stereocenters. The number of para-hydroxylation sites is 1. The number of rotatable bonds is 4. The highest BCUT2D eigenvalue weighted by molar-refractivity contribution is 7.94. The molecule has 31 heavy (non-hydrogen) atoms. The molecule has 0 aliphatic carbocycles. The third-order valence-corrected chi connectivity index (χ3v) is 7.98. The number of benzene rings is 1. The van der Waals surface area contributed by atoms with E-state index in [0.717, 1.165) is 26.4 Å². The average molecular weight is 467 g/mol. The highest BCUT2D eigenvalue weighted by Crippen LogP contribution is 2.34. The van der Waals surface area contributed by atoms with Crippen LogP contribution in [0.1, 0.15) is 5.56 Å². The third-order valence-electron chi connectivity index (χ3n) is 4.10. The first-order valence-corrected chi connectivity index (χ1v) is 12.4. The zero-order valence-electron chi connectivity index (χ0n) is 16.5. The second-order valence-corrected chi connectivity index (χ2v) is 10.3. The summed E-state index contributed by atoms with van der Waals surface area (Å²) < 4.78 is 29.0. The molecule has 4 heterocycles. The van der Waals surface area contributed by atoms with E-state index in [2.05, 4.69) is 19.7 Å². The van der Waals surface area contributed by atoms with Crippen LogP contribution in [0.3, 0.4) is 0 Å². The fourth-order valence-electron chi connectivity index (χ4n) is 2.66. The fraction of sp³-hybridized carbons (Fsp3) is 0.0455. The molecule has 156 valence electrons. The Labute approximate surface area is 188 Å². The number of hydrogen-bond acceptors (Lipinski definition) is 7. The molecule has 5 rings (SSSR count). The van der Waals surface area contributed by atoms with Crippen LogP contribution in [-0.2, 0) is 10.0 Å². The molecule has 0 unspecified atom stereocenters. The smallest absolute Gasteiger partial charge is 0.265 e. The number of pyridine rings is 2. The molecule has 0 saturated heterocycles. The average Bonchev–Trinajstić information content (AvgIpc) is 3.43. The van der Waals surface area contributed by atoms with Crippen molar-refractivity contribution < 1.29 is 8.42 Å². The highest BCUT2D eigenvalue weighted by Gasteiger charge is 2.19. The monoisotopic (exact) mass is 466 g/mol. The van der Waals surface area contributed by atoms with E-state index in [0.29, 0.717) is 5.82 Å². The summed E-state index contributed by atoms with van der Waals surface area (Å²) in [6.45, 7) is 1.88. The Morgan fingerprint density at radius 3 is 2.42 bits per heavy atom. The van der Waals surface area contributed by atoms with Gasteiger partial charge in [-0.1, -0.05) is 18.2 Å². The van der Waals surface area contributed by atoms with Gasteiger partial charge in [-0.25, -0.2) is 18.4 Å². The number of fused-ring (bicyclic) bond motifs is 1. The maximum atomic E-state index is 12.6. The number of hydrogen-bond donors (Lipinski definition) is 1. The van der Waals surface area contributed by atoms with E-state index in [4.69, 9.17) is 0 Å². The van der Waals surface area contributed by atoms with E-state index in [-0.39, 0.29) is 4.21 Å². The summed E-state index contributed by atoms with van der Waals surface area (Å²) in [5, 5.41) is 2.63. The zero-order chi connectivity index (χ0) is 21.7. The maximum Gasteiger partial charge on any atom is 0.272 e. The molecule has 0 spiro atoms. The standard InChI is InChI=1S/C17H13N3O2S3.C5H5N/c1-11-6-7-18-15(8-11)20-25(21,22)16-9-12(10-23-16)17-19-13-4-2-3-5-14(13)24-17;1-2-4-6-5-3-1/h2-10H,1H3,(H,18,20);1-5H. The first-order valence-electron chi connectivity index (χ1n) is 9.26. The van der Waals surface area contributed by atoms with E-state index in [1.165, 1.54) is 11.3 Å². The van der Waals surface area contributed by atoms with Gasteiger partial charge < -0.3 is 0 Å². The van der Waals surface area contributed by atoms with E-state index in [1.807, 2.05) is 60.8 Å². The first kappa shape index (κ1) is 21.1. The molecule has 0 aliphatic heterocycles. The Kier molecular flexibility index (Phi) is 6.36. The zero-order valence-corrected chi connectivity index (χ0v) is 18.9. The van der Waals surface area contributed by atoms with Gasteiger partial charge in [-0.15, -0.1) is 22.7 Å². The van der Waals surface area contributed by atoms with Crippen LogP contribution in [0.25, 0.3) is 20.8 Å². The third kappa shape index (κ3) is 5.32. The van der Waals surface area contributed by atoms with Crippen molar-refractivity contribution in [1.82, 2.24) is 15.0 Å². The molecule has 1 aromatic carbocycles. The normalized spacial score (nSPS) is 11.0. The molecule has 1 N–H and O–H groups in total. The summed E-state index contributed by atoms with van der Waals surface area (Å²) in [6.07, 6.45) is 5.08. The largest absolute Gasteiger partial charge is 0.272 e. The van der Waals surface area contributed by atoms with E-state index < -0.39 is 10.0 Å². The molecular formula is C22H18N4O2S3. The Balaban J connectivity index is 0.000000334. The Morgan fingerprint density at radius 2 is 1.74 bits per heavy atom. The summed E-state index contributed by atoms with van der Waals surface area (Å²) in [5.74, 6) is 0.315. The summed E-state index contributed by atoms with van der Waals surface area (Å²) in [6, 6.07) is 18.7. The maximum absolute atomic E-state index is 12.6. The van der Waals surface area contributed by atoms with Crippen molar-refractivity contribution in [3.8, 4) is 10.6 Å². The number of nitrogens with zero attached hydrogens (tertiary/aromatic N) is 3. The molecule has 0 radical (unpaired) electrons. The van der Waals surface area contributed by atoms with Crippen LogP contribution in [-0.4, -0.2) is 23.4 Å². The van der Waals surface area contributed by atoms with Crippen LogP contribution >= 0.6 is 22.7 Å². The fourth-order valence-corrected chi connectivity index (χ4v) is 5.85. The SMILES string of the molecule is Cc1ccnc(NS(=O)(=O)c2cc(-c3nc4ccccc4s3)cs2)c1.c1ccncc1. The minimum absolute atomic E-state index is 0.241. The van der Waals surface area contributed by atoms with Crippen molar-refractivity contribution in [2.45, 2.75) is 11.1 Å². The topological polar surface area (TPSA) is 84.8 Å². The van der Waals surface area contributed by atoms with Gasteiger partial charge in [-0.05, 0) is 55.0 Å². The van der Waals surface area contributed by atoms with Crippen molar-refractivity contribution in [2.24, 2.45) is 0 Å². The van der Waals surface area contributed by atoms with Gasteiger partial charge in [0.05, 0.1) is 10.2 Å². The lowest BCUT2D eigenvalue weighted by atomic mass is 10.3. The van der Waals surface area contributed by atoms with E-state index in [1.54, 1.807) is 42.1 Å². The second-order valence-electron chi connectivity index (χ2n) is 6.49. The van der Waals surface area contributed by atoms with Crippen LogP contribution in [0.4, 0.5) is 5.82 Å². The van der Waals surface area contributed by atoms with Gasteiger partial charge in [0, 0.05) is 29.5 Å². The number of nitrogens with one attached hydrogen (secondary N) is 1. The van der Waals surface area contributed by atoms with Crippen LogP contribution in [0.15, 0.2) is 88.8 Å². The van der Waals surface area contributed by atoms with E-state index >= 15 is 0 Å². The number of sulfonamides is 1. The summed E-state index contributed by atoms with van der Waals surface area (Å²) in [5.41, 5.74) is 2.66. The quantitative estimate of drug-likeness (QED) is 0.372. The predicted octanol–water partition coefficient (Wildman–Crippen LogP) is 5.61. The lowest BCUT2D eigenvalue weighted by molar-refractivity contribution is 0.603. The molecule has 0 saturated carbocycles. The summed E-state index contributed by atoms with van der Waals surface area (Å²) in [7, 11) is -3.66. The second kappa shape index (κ2) is 9.34. The van der Waals surface area contributed by atoms with Gasteiger partial charge in [0.1, 0.15) is 15.0 Å². The summed E-state index contributed by atoms with van der Waals surface area (Å²) in [4.78, 5) is 12.4. The van der Waals surface area contributed by atoms with Crippen molar-refractivity contribution >= 4 is 48.7 Å². The van der Waals surface area contributed by atoms with Crippen molar-refractivity contribution in [1.29, 1.82) is 0 Å². The molecule has 0 amide bonds. The molecule has 5 aromatic rings. The van der Waals surface area contributed by atoms with Gasteiger partial charge in [-0.3, -0.25) is 9.71 Å². The Morgan fingerprint density at radius 1 is 0.935 bits per heavy atom. The van der Waals surface area contributed by atoms with Gasteiger partial charge in [0.25, 0.3) is 10.0 Å². The lowest BCUT2D eigenvalue weighted by Gasteiger charge is -2.05. The molecule has 0 fully saturated rings. The van der Waals surface area contributed by atoms with E-state index in [9.17, 15) is 8.42 Å². The van der Waals surface area contributed by atoms with Crippen molar-refractivity contribution in [3.05, 3.63) is 90.2 Å². The minimum Gasteiger partial charge on any atom is -0.265 e. The molecule has 6 nitrogen and oxygen atoms in total. The lowest BCUT2D eigenvalue weighted by Crippen LogP contribution is -2.12. The summed E-state index contributed by atoms with van der Waals surface area (Å²) >= 11 is 2.72. The molecule has 4 aromatic heterocycles. The van der Waals surface area contributed by atoms with Crippen LogP contribution < -0.4 is 4.72 Å². The van der Waals surface area contributed by atoms with Crippen LogP contribution in [0, 0.1) is 6.92 Å². The highest BCUT2D eigenvalue weighted by atomic mass is 32.2. The van der Waals surface area contributed by atoms with Gasteiger partial charge >= 0.3 is 0 Å². The van der Waals surface area contributed by atoms with Crippen LogP contribution in [0.5, 0.6) is 0 Å².